The van der Waals surface area contributed by atoms with E-state index in [-0.39, 0.29) is 24.4 Å². The summed E-state index contributed by atoms with van der Waals surface area (Å²) in [5.41, 5.74) is 0.789. The lowest BCUT2D eigenvalue weighted by molar-refractivity contribution is -0.141. The average molecular weight is 434 g/mol. The Hall–Kier alpha value is -2.78. The van der Waals surface area contributed by atoms with Crippen LogP contribution in [0.4, 0.5) is 10.1 Å². The van der Waals surface area contributed by atoms with Gasteiger partial charge in [0.2, 0.25) is 10.0 Å². The van der Waals surface area contributed by atoms with Crippen LogP contribution in [0.2, 0.25) is 0 Å². The standard InChI is InChI=1S/C21H23FN2O5S/c1-4-23(5-2)30(27,28)15-10-11-17(22)16(13-15)20(25)24-18-9-7-6-8-14(18)12-19(24)21(26)29-3/h6-11,13,19H,4-5,12H2,1-3H3. The molecule has 0 radical (unpaired) electrons. The fraction of sp³-hybridized carbons (Fsp3) is 0.333. The first-order valence-corrected chi connectivity index (χ1v) is 11.0. The predicted octanol–water partition coefficient (Wildman–Crippen LogP) is 2.60. The molecule has 0 fully saturated rings. The van der Waals surface area contributed by atoms with E-state index in [2.05, 4.69) is 0 Å². The van der Waals surface area contributed by atoms with Crippen LogP contribution in [-0.2, 0) is 26.0 Å². The van der Waals surface area contributed by atoms with Crippen molar-refractivity contribution in [2.45, 2.75) is 31.2 Å². The lowest BCUT2D eigenvalue weighted by Crippen LogP contribution is -2.44. The van der Waals surface area contributed by atoms with Gasteiger partial charge in [0.1, 0.15) is 11.9 Å². The first-order chi connectivity index (χ1) is 14.3. The first kappa shape index (κ1) is 21.9. The molecule has 9 heteroatoms. The molecule has 1 atom stereocenters. The average Bonchev–Trinajstić information content (AvgIpc) is 3.13. The fourth-order valence-corrected chi connectivity index (χ4v) is 5.12. The van der Waals surface area contributed by atoms with E-state index in [9.17, 15) is 22.4 Å². The van der Waals surface area contributed by atoms with Gasteiger partial charge in [-0.1, -0.05) is 32.0 Å². The molecule has 1 heterocycles. The molecule has 2 aromatic rings. The zero-order valence-electron chi connectivity index (χ0n) is 17.0. The highest BCUT2D eigenvalue weighted by Crippen LogP contribution is 2.34. The second-order valence-electron chi connectivity index (χ2n) is 6.78. The number of benzene rings is 2. The number of carbonyl (C=O) groups excluding carboxylic acids is 2. The van der Waals surface area contributed by atoms with Crippen molar-refractivity contribution in [2.24, 2.45) is 0 Å². The topological polar surface area (TPSA) is 84.0 Å². The quantitative estimate of drug-likeness (QED) is 0.653. The van der Waals surface area contributed by atoms with E-state index in [0.717, 1.165) is 23.8 Å². The van der Waals surface area contributed by atoms with Crippen LogP contribution in [-0.4, -0.2) is 50.8 Å². The molecule has 0 saturated heterocycles. The lowest BCUT2D eigenvalue weighted by atomic mass is 10.1. The third kappa shape index (κ3) is 3.70. The highest BCUT2D eigenvalue weighted by atomic mass is 32.2. The molecule has 0 spiro atoms. The molecule has 7 nitrogen and oxygen atoms in total. The van der Waals surface area contributed by atoms with Crippen molar-refractivity contribution >= 4 is 27.6 Å². The molecule has 0 saturated carbocycles. The Kier molecular flexibility index (Phi) is 6.23. The van der Waals surface area contributed by atoms with Crippen molar-refractivity contribution in [3.8, 4) is 0 Å². The molecule has 0 aliphatic carbocycles. The molecule has 1 aliphatic rings. The number of rotatable bonds is 6. The van der Waals surface area contributed by atoms with Crippen molar-refractivity contribution in [3.05, 3.63) is 59.4 Å². The van der Waals surface area contributed by atoms with Gasteiger partial charge in [0, 0.05) is 25.2 Å². The van der Waals surface area contributed by atoms with E-state index in [1.54, 1.807) is 38.1 Å². The molecule has 2 aromatic carbocycles. The zero-order chi connectivity index (χ0) is 22.1. The van der Waals surface area contributed by atoms with E-state index in [4.69, 9.17) is 4.74 Å². The fourth-order valence-electron chi connectivity index (χ4n) is 3.63. The Labute approximate surface area is 175 Å². The van der Waals surface area contributed by atoms with Crippen LogP contribution >= 0.6 is 0 Å². The Morgan fingerprint density at radius 1 is 1.17 bits per heavy atom. The third-order valence-electron chi connectivity index (χ3n) is 5.18. The van der Waals surface area contributed by atoms with Crippen LogP contribution in [0.3, 0.4) is 0 Å². The third-order valence-corrected chi connectivity index (χ3v) is 7.23. The van der Waals surface area contributed by atoms with E-state index in [1.165, 1.54) is 16.3 Å². The molecular formula is C21H23FN2O5S. The number of anilines is 1. The van der Waals surface area contributed by atoms with Gasteiger partial charge in [-0.3, -0.25) is 9.69 Å². The van der Waals surface area contributed by atoms with E-state index in [1.807, 2.05) is 0 Å². The summed E-state index contributed by atoms with van der Waals surface area (Å²) in [5.74, 6) is -2.30. The number of esters is 1. The van der Waals surface area contributed by atoms with Crippen LogP contribution in [0.1, 0.15) is 29.8 Å². The maximum atomic E-state index is 14.6. The first-order valence-electron chi connectivity index (χ1n) is 9.55. The van der Waals surface area contributed by atoms with Crippen molar-refractivity contribution in [2.75, 3.05) is 25.1 Å². The molecule has 1 amide bonds. The van der Waals surface area contributed by atoms with Crippen LogP contribution in [0, 0.1) is 5.82 Å². The molecule has 0 bridgehead atoms. The number of amides is 1. The molecule has 0 N–H and O–H groups in total. The molecule has 0 aromatic heterocycles. The minimum Gasteiger partial charge on any atom is -0.467 e. The molecule has 160 valence electrons. The summed E-state index contributed by atoms with van der Waals surface area (Å²) in [5, 5.41) is 0. The van der Waals surface area contributed by atoms with Gasteiger partial charge >= 0.3 is 5.97 Å². The maximum absolute atomic E-state index is 14.6. The number of halogens is 1. The number of methoxy groups -OCH3 is 1. The summed E-state index contributed by atoms with van der Waals surface area (Å²) in [4.78, 5) is 26.6. The summed E-state index contributed by atoms with van der Waals surface area (Å²) in [6.07, 6.45) is 0.230. The zero-order valence-corrected chi connectivity index (χ0v) is 17.8. The Morgan fingerprint density at radius 3 is 2.47 bits per heavy atom. The second-order valence-corrected chi connectivity index (χ2v) is 8.72. The number of para-hydroxylation sites is 1. The second kappa shape index (κ2) is 8.53. The van der Waals surface area contributed by atoms with Gasteiger partial charge in [0.05, 0.1) is 17.6 Å². The largest absolute Gasteiger partial charge is 0.467 e. The van der Waals surface area contributed by atoms with Gasteiger partial charge in [0.15, 0.2) is 0 Å². The van der Waals surface area contributed by atoms with Crippen molar-refractivity contribution in [3.63, 3.8) is 0 Å². The Balaban J connectivity index is 2.09. The van der Waals surface area contributed by atoms with Gasteiger partial charge < -0.3 is 4.74 Å². The van der Waals surface area contributed by atoms with Crippen molar-refractivity contribution in [1.29, 1.82) is 0 Å². The summed E-state index contributed by atoms with van der Waals surface area (Å²) in [6, 6.07) is 9.08. The molecule has 1 aliphatic heterocycles. The van der Waals surface area contributed by atoms with E-state index < -0.39 is 39.3 Å². The minimum absolute atomic E-state index is 0.182. The van der Waals surface area contributed by atoms with E-state index in [0.29, 0.717) is 5.69 Å². The normalized spacial score (nSPS) is 15.9. The lowest BCUT2D eigenvalue weighted by Gasteiger charge is -2.24. The van der Waals surface area contributed by atoms with Crippen LogP contribution in [0.5, 0.6) is 0 Å². The minimum atomic E-state index is -3.89. The highest BCUT2D eigenvalue weighted by Gasteiger charge is 2.40. The van der Waals surface area contributed by atoms with Crippen LogP contribution in [0.25, 0.3) is 0 Å². The van der Waals surface area contributed by atoms with Gasteiger partial charge in [-0.2, -0.15) is 4.31 Å². The SMILES string of the molecule is CCN(CC)S(=O)(=O)c1ccc(F)c(C(=O)N2c3ccccc3CC2C(=O)OC)c1. The number of hydrogen-bond donors (Lipinski definition) is 0. The highest BCUT2D eigenvalue weighted by molar-refractivity contribution is 7.89. The molecular weight excluding hydrogens is 411 g/mol. The van der Waals surface area contributed by atoms with Crippen molar-refractivity contribution in [1.82, 2.24) is 4.31 Å². The van der Waals surface area contributed by atoms with Gasteiger partial charge in [-0.15, -0.1) is 0 Å². The molecule has 1 unspecified atom stereocenters. The molecule has 3 rings (SSSR count). The number of sulfonamides is 1. The summed E-state index contributed by atoms with van der Waals surface area (Å²) in [7, 11) is -2.67. The Bertz CT molecular complexity index is 1080. The summed E-state index contributed by atoms with van der Waals surface area (Å²) < 4.78 is 46.3. The number of nitrogens with zero attached hydrogens (tertiary/aromatic N) is 2. The van der Waals surface area contributed by atoms with Gasteiger partial charge in [-0.25, -0.2) is 17.6 Å². The number of ether oxygens (including phenoxy) is 1. The van der Waals surface area contributed by atoms with Gasteiger partial charge in [0.25, 0.3) is 5.91 Å². The smallest absolute Gasteiger partial charge is 0.329 e. The number of fused-ring (bicyclic) bond motifs is 1. The van der Waals surface area contributed by atoms with Crippen molar-refractivity contribution < 1.29 is 27.1 Å². The molecule has 30 heavy (non-hydrogen) atoms. The predicted molar refractivity (Wildman–Crippen MR) is 109 cm³/mol. The Morgan fingerprint density at radius 2 is 1.83 bits per heavy atom. The monoisotopic (exact) mass is 434 g/mol. The van der Waals surface area contributed by atoms with E-state index >= 15 is 0 Å². The van der Waals surface area contributed by atoms with Gasteiger partial charge in [-0.05, 0) is 29.8 Å². The van der Waals surface area contributed by atoms with Crippen LogP contribution < -0.4 is 4.90 Å². The summed E-state index contributed by atoms with van der Waals surface area (Å²) >= 11 is 0. The number of hydrogen-bond acceptors (Lipinski definition) is 5. The number of carbonyl (C=O) groups is 2. The maximum Gasteiger partial charge on any atom is 0.329 e. The summed E-state index contributed by atoms with van der Waals surface area (Å²) in [6.45, 7) is 3.87. The van der Waals surface area contributed by atoms with Crippen LogP contribution in [0.15, 0.2) is 47.4 Å².